The fourth-order valence-corrected chi connectivity index (χ4v) is 4.02. The van der Waals surface area contributed by atoms with E-state index in [0.29, 0.717) is 26.0 Å². The fourth-order valence-electron chi connectivity index (χ4n) is 4.02. The molecule has 1 heterocycles. The number of hydrogen-bond donors (Lipinski definition) is 1. The van der Waals surface area contributed by atoms with E-state index in [-0.39, 0.29) is 36.6 Å². The van der Waals surface area contributed by atoms with Crippen LogP contribution in [0.1, 0.15) is 39.2 Å². The lowest BCUT2D eigenvalue weighted by Crippen LogP contribution is -2.60. The van der Waals surface area contributed by atoms with Gasteiger partial charge in [0.2, 0.25) is 0 Å². The average molecular weight is 407 g/mol. The number of amides is 1. The molecule has 1 aromatic rings. The summed E-state index contributed by atoms with van der Waals surface area (Å²) in [6, 6.07) is 6.05. The maximum atomic E-state index is 13.2. The SMILES string of the molecule is C=CCO[C@H]1C[C@](OCc2ccc(F)cc2)(C(=O)NCC)C[C@H]2OC(C)(C)O[C@@H]12. The standard InChI is InChI=1S/C22H30FNO5/c1-5-11-26-17-12-22(20(25)24-6-2,13-18-19(17)29-21(3,4)28-18)27-14-15-7-9-16(23)10-8-15/h5,7-10,17-19H,1,6,11-14H2,2-4H3,(H,24,25)/t17-,18+,19-,22+/m0/s1. The van der Waals surface area contributed by atoms with Gasteiger partial charge >= 0.3 is 0 Å². The van der Waals surface area contributed by atoms with Crippen molar-refractivity contribution in [3.05, 3.63) is 48.3 Å². The Labute approximate surface area is 171 Å². The second-order valence-corrected chi connectivity index (χ2v) is 7.98. The van der Waals surface area contributed by atoms with Crippen molar-refractivity contribution in [1.82, 2.24) is 5.32 Å². The average Bonchev–Trinajstić information content (AvgIpc) is 2.99. The number of rotatable bonds is 8. The molecule has 6 nitrogen and oxygen atoms in total. The molecule has 1 saturated carbocycles. The number of nitrogens with one attached hydrogen (secondary N) is 1. The van der Waals surface area contributed by atoms with Crippen molar-refractivity contribution in [3.63, 3.8) is 0 Å². The van der Waals surface area contributed by atoms with Crippen LogP contribution in [0.2, 0.25) is 0 Å². The van der Waals surface area contributed by atoms with Crippen molar-refractivity contribution in [2.75, 3.05) is 13.2 Å². The topological polar surface area (TPSA) is 66.0 Å². The molecule has 3 rings (SSSR count). The fraction of sp³-hybridized carbons (Fsp3) is 0.591. The molecule has 29 heavy (non-hydrogen) atoms. The van der Waals surface area contributed by atoms with Crippen LogP contribution in [0.15, 0.2) is 36.9 Å². The second kappa shape index (κ2) is 8.92. The summed E-state index contributed by atoms with van der Waals surface area (Å²) in [7, 11) is 0. The minimum atomic E-state index is -1.14. The first-order valence-corrected chi connectivity index (χ1v) is 10.0. The van der Waals surface area contributed by atoms with Gasteiger partial charge in [-0.15, -0.1) is 6.58 Å². The first kappa shape index (κ1) is 21.9. The van der Waals surface area contributed by atoms with Gasteiger partial charge in [-0.2, -0.15) is 0 Å². The number of fused-ring (bicyclic) bond motifs is 1. The van der Waals surface area contributed by atoms with Gasteiger partial charge in [0.15, 0.2) is 11.4 Å². The third-order valence-corrected chi connectivity index (χ3v) is 5.26. The molecule has 2 aliphatic rings. The van der Waals surface area contributed by atoms with Crippen molar-refractivity contribution in [3.8, 4) is 0 Å². The quantitative estimate of drug-likeness (QED) is 0.671. The van der Waals surface area contributed by atoms with Gasteiger partial charge in [0.25, 0.3) is 5.91 Å². The Morgan fingerprint density at radius 2 is 2.03 bits per heavy atom. The number of benzene rings is 1. The highest BCUT2D eigenvalue weighted by Crippen LogP contribution is 2.44. The van der Waals surface area contributed by atoms with Gasteiger partial charge < -0.3 is 24.3 Å². The van der Waals surface area contributed by atoms with Crippen LogP contribution in [0, 0.1) is 5.82 Å². The Morgan fingerprint density at radius 3 is 2.69 bits per heavy atom. The lowest BCUT2D eigenvalue weighted by molar-refractivity contribution is -0.180. The Hall–Kier alpha value is -1.80. The number of likely N-dealkylation sites (N-methyl/N-ethyl adjacent to an activating group) is 1. The summed E-state index contributed by atoms with van der Waals surface area (Å²) in [4.78, 5) is 13.1. The van der Waals surface area contributed by atoms with E-state index in [9.17, 15) is 9.18 Å². The molecule has 0 unspecified atom stereocenters. The largest absolute Gasteiger partial charge is 0.371 e. The zero-order valence-corrected chi connectivity index (χ0v) is 17.3. The van der Waals surface area contributed by atoms with Crippen LogP contribution in [-0.4, -0.2) is 48.8 Å². The number of carbonyl (C=O) groups is 1. The molecule has 4 atom stereocenters. The molecule has 1 aliphatic carbocycles. The first-order chi connectivity index (χ1) is 13.8. The van der Waals surface area contributed by atoms with Crippen LogP contribution in [-0.2, 0) is 30.3 Å². The molecule has 1 aliphatic heterocycles. The van der Waals surface area contributed by atoms with Gasteiger partial charge in [-0.1, -0.05) is 18.2 Å². The van der Waals surface area contributed by atoms with E-state index in [4.69, 9.17) is 18.9 Å². The smallest absolute Gasteiger partial charge is 0.252 e. The van der Waals surface area contributed by atoms with Crippen LogP contribution in [0.5, 0.6) is 0 Å². The lowest BCUT2D eigenvalue weighted by atomic mass is 9.78. The predicted octanol–water partition coefficient (Wildman–Crippen LogP) is 3.10. The highest BCUT2D eigenvalue weighted by molar-refractivity contribution is 5.85. The van der Waals surface area contributed by atoms with E-state index in [2.05, 4.69) is 11.9 Å². The van der Waals surface area contributed by atoms with Gasteiger partial charge in [-0.05, 0) is 38.5 Å². The normalized spacial score (nSPS) is 30.6. The monoisotopic (exact) mass is 407 g/mol. The summed E-state index contributed by atoms with van der Waals surface area (Å²) in [5.74, 6) is -1.29. The van der Waals surface area contributed by atoms with Gasteiger partial charge in [-0.25, -0.2) is 4.39 Å². The van der Waals surface area contributed by atoms with Crippen molar-refractivity contribution < 1.29 is 28.1 Å². The molecule has 1 N–H and O–H groups in total. The zero-order chi connectivity index (χ0) is 21.1. The second-order valence-electron chi connectivity index (χ2n) is 7.98. The van der Waals surface area contributed by atoms with E-state index >= 15 is 0 Å². The summed E-state index contributed by atoms with van der Waals surface area (Å²) >= 11 is 0. The third-order valence-electron chi connectivity index (χ3n) is 5.26. The Kier molecular flexibility index (Phi) is 6.73. The van der Waals surface area contributed by atoms with E-state index in [1.807, 2.05) is 20.8 Å². The van der Waals surface area contributed by atoms with Gasteiger partial charge in [0, 0.05) is 19.4 Å². The van der Waals surface area contributed by atoms with Crippen molar-refractivity contribution in [2.24, 2.45) is 0 Å². The van der Waals surface area contributed by atoms with Crippen molar-refractivity contribution >= 4 is 5.91 Å². The minimum absolute atomic E-state index is 0.174. The molecule has 0 spiro atoms. The van der Waals surface area contributed by atoms with Crippen molar-refractivity contribution in [2.45, 2.75) is 69.9 Å². The maximum absolute atomic E-state index is 13.2. The van der Waals surface area contributed by atoms with E-state index in [0.717, 1.165) is 5.56 Å². The molecule has 160 valence electrons. The van der Waals surface area contributed by atoms with Gasteiger partial charge in [-0.3, -0.25) is 4.79 Å². The summed E-state index contributed by atoms with van der Waals surface area (Å²) in [5.41, 5.74) is -0.356. The molecule has 0 aromatic heterocycles. The Bertz CT molecular complexity index is 722. The lowest BCUT2D eigenvalue weighted by Gasteiger charge is -2.43. The summed E-state index contributed by atoms with van der Waals surface area (Å²) in [6.45, 7) is 10.3. The number of halogens is 1. The maximum Gasteiger partial charge on any atom is 0.252 e. The molecular formula is C22H30FNO5. The molecule has 0 bridgehead atoms. The predicted molar refractivity (Wildman–Crippen MR) is 106 cm³/mol. The van der Waals surface area contributed by atoms with Crippen LogP contribution in [0.4, 0.5) is 4.39 Å². The molecule has 7 heteroatoms. The van der Waals surface area contributed by atoms with Crippen LogP contribution in [0.3, 0.4) is 0 Å². The summed E-state index contributed by atoms with van der Waals surface area (Å²) < 4.78 is 37.5. The summed E-state index contributed by atoms with van der Waals surface area (Å²) in [5, 5.41) is 2.88. The van der Waals surface area contributed by atoms with Crippen LogP contribution >= 0.6 is 0 Å². The third kappa shape index (κ3) is 5.04. The van der Waals surface area contributed by atoms with Crippen LogP contribution in [0.25, 0.3) is 0 Å². The molecule has 1 saturated heterocycles. The minimum Gasteiger partial charge on any atom is -0.371 e. The van der Waals surface area contributed by atoms with E-state index in [1.54, 1.807) is 18.2 Å². The number of carbonyl (C=O) groups excluding carboxylic acids is 1. The van der Waals surface area contributed by atoms with Gasteiger partial charge in [0.05, 0.1) is 25.4 Å². The number of ether oxygens (including phenoxy) is 4. The van der Waals surface area contributed by atoms with E-state index < -0.39 is 11.4 Å². The summed E-state index contributed by atoms with van der Waals surface area (Å²) in [6.07, 6.45) is 1.32. The van der Waals surface area contributed by atoms with Crippen molar-refractivity contribution in [1.29, 1.82) is 0 Å². The highest BCUT2D eigenvalue weighted by Gasteiger charge is 2.57. The molecule has 0 radical (unpaired) electrons. The molecular weight excluding hydrogens is 377 g/mol. The van der Waals surface area contributed by atoms with Gasteiger partial charge in [0.1, 0.15) is 11.9 Å². The number of hydrogen-bond acceptors (Lipinski definition) is 5. The molecule has 1 amide bonds. The zero-order valence-electron chi connectivity index (χ0n) is 17.3. The van der Waals surface area contributed by atoms with E-state index in [1.165, 1.54) is 12.1 Å². The molecule has 2 fully saturated rings. The highest BCUT2D eigenvalue weighted by atomic mass is 19.1. The first-order valence-electron chi connectivity index (χ1n) is 10.0. The Balaban J connectivity index is 1.85. The Morgan fingerprint density at radius 1 is 1.31 bits per heavy atom. The molecule has 1 aromatic carbocycles. The van der Waals surface area contributed by atoms with Crippen LogP contribution < -0.4 is 5.32 Å².